The molecule has 24 heavy (non-hydrogen) atoms. The number of rotatable bonds is 4. The monoisotopic (exact) mass is 333 g/mol. The number of carbonyl (C=O) groups excluding carboxylic acids is 2. The third kappa shape index (κ3) is 3.75. The summed E-state index contributed by atoms with van der Waals surface area (Å²) in [6.07, 6.45) is 2.33. The molecule has 2 saturated heterocycles. The van der Waals surface area contributed by atoms with Crippen LogP contribution in [0.25, 0.3) is 0 Å². The number of piperidine rings is 1. The first kappa shape index (κ1) is 16.9. The first-order valence-corrected chi connectivity index (χ1v) is 8.58. The van der Waals surface area contributed by atoms with Crippen molar-refractivity contribution in [1.29, 1.82) is 0 Å². The van der Waals surface area contributed by atoms with Crippen molar-refractivity contribution < 1.29 is 14.0 Å². The molecule has 130 valence electrons. The molecule has 2 aliphatic rings. The normalized spacial score (nSPS) is 22.7. The number of primary amides is 1. The highest BCUT2D eigenvalue weighted by Gasteiger charge is 2.34. The van der Waals surface area contributed by atoms with Gasteiger partial charge in [-0.2, -0.15) is 0 Å². The van der Waals surface area contributed by atoms with Crippen LogP contribution in [0.2, 0.25) is 0 Å². The Morgan fingerprint density at radius 2 is 1.83 bits per heavy atom. The van der Waals surface area contributed by atoms with Gasteiger partial charge in [0.15, 0.2) is 0 Å². The molecule has 5 nitrogen and oxygen atoms in total. The van der Waals surface area contributed by atoms with E-state index in [2.05, 4.69) is 0 Å². The molecule has 1 aromatic rings. The van der Waals surface area contributed by atoms with Crippen molar-refractivity contribution in [2.75, 3.05) is 32.7 Å². The first-order valence-electron chi connectivity index (χ1n) is 8.58. The van der Waals surface area contributed by atoms with E-state index in [0.29, 0.717) is 18.7 Å². The summed E-state index contributed by atoms with van der Waals surface area (Å²) in [6.45, 7) is 3.01. The lowest BCUT2D eigenvalue weighted by Crippen LogP contribution is -2.44. The lowest BCUT2D eigenvalue weighted by Gasteiger charge is -2.32. The second-order valence-electron chi connectivity index (χ2n) is 6.81. The van der Waals surface area contributed by atoms with Gasteiger partial charge in [0.05, 0.1) is 6.54 Å². The predicted octanol–water partition coefficient (Wildman–Crippen LogP) is 1.34. The van der Waals surface area contributed by atoms with Crippen molar-refractivity contribution in [3.8, 4) is 0 Å². The van der Waals surface area contributed by atoms with E-state index in [1.807, 2.05) is 21.9 Å². The van der Waals surface area contributed by atoms with Gasteiger partial charge in [0.25, 0.3) is 0 Å². The van der Waals surface area contributed by atoms with E-state index in [0.717, 1.165) is 32.4 Å². The molecule has 0 unspecified atom stereocenters. The largest absolute Gasteiger partial charge is 0.369 e. The second-order valence-corrected chi connectivity index (χ2v) is 6.81. The summed E-state index contributed by atoms with van der Waals surface area (Å²) < 4.78 is 13.9. The van der Waals surface area contributed by atoms with Crippen molar-refractivity contribution >= 4 is 11.8 Å². The zero-order chi connectivity index (χ0) is 17.1. The first-order chi connectivity index (χ1) is 11.5. The second kappa shape index (κ2) is 7.30. The van der Waals surface area contributed by atoms with Crippen LogP contribution < -0.4 is 5.73 Å². The molecule has 1 aromatic carbocycles. The van der Waals surface area contributed by atoms with Crippen molar-refractivity contribution in [2.24, 2.45) is 11.7 Å². The van der Waals surface area contributed by atoms with Crippen LogP contribution in [0.1, 0.15) is 30.7 Å². The zero-order valence-corrected chi connectivity index (χ0v) is 13.8. The van der Waals surface area contributed by atoms with Crippen LogP contribution in [-0.4, -0.2) is 54.3 Å². The Labute approximate surface area is 141 Å². The van der Waals surface area contributed by atoms with Crippen LogP contribution in [0.3, 0.4) is 0 Å². The number of hydrogen-bond donors (Lipinski definition) is 1. The average Bonchev–Trinajstić information content (AvgIpc) is 3.04. The lowest BCUT2D eigenvalue weighted by atomic mass is 9.95. The number of nitrogens with two attached hydrogens (primary N) is 1. The van der Waals surface area contributed by atoms with Gasteiger partial charge in [-0.05, 0) is 44.0 Å². The standard InChI is InChI=1S/C18H24FN3O2/c19-16-4-2-1-3-15(16)14-7-10-22(11-14)18(24)13-5-8-21(9-6-13)12-17(20)23/h1-4,13-14H,5-12H2,(H2,20,23)/t14-/m0/s1. The molecule has 2 heterocycles. The van der Waals surface area contributed by atoms with Crippen LogP contribution in [0, 0.1) is 11.7 Å². The fourth-order valence-electron chi connectivity index (χ4n) is 3.84. The SMILES string of the molecule is NC(=O)CN1CCC(C(=O)N2CC[C@H](c3ccccc3F)C2)CC1. The van der Waals surface area contributed by atoms with Crippen molar-refractivity contribution in [3.63, 3.8) is 0 Å². The van der Waals surface area contributed by atoms with Crippen LogP contribution in [0.5, 0.6) is 0 Å². The van der Waals surface area contributed by atoms with E-state index >= 15 is 0 Å². The van der Waals surface area contributed by atoms with Gasteiger partial charge in [-0.3, -0.25) is 14.5 Å². The number of halogens is 1. The van der Waals surface area contributed by atoms with E-state index < -0.39 is 0 Å². The molecule has 2 aliphatic heterocycles. The Morgan fingerprint density at radius 3 is 2.50 bits per heavy atom. The third-order valence-corrected chi connectivity index (χ3v) is 5.16. The minimum atomic E-state index is -0.327. The van der Waals surface area contributed by atoms with Crippen LogP contribution in [-0.2, 0) is 9.59 Å². The lowest BCUT2D eigenvalue weighted by molar-refractivity contribution is -0.136. The molecule has 0 saturated carbocycles. The quantitative estimate of drug-likeness (QED) is 0.904. The summed E-state index contributed by atoms with van der Waals surface area (Å²) in [5.74, 6) is -0.241. The molecule has 0 radical (unpaired) electrons. The molecule has 0 bridgehead atoms. The van der Waals surface area contributed by atoms with Gasteiger partial charge in [0.2, 0.25) is 11.8 Å². The minimum absolute atomic E-state index is 0.00787. The summed E-state index contributed by atoms with van der Waals surface area (Å²) in [4.78, 5) is 27.6. The summed E-state index contributed by atoms with van der Waals surface area (Å²) in [5.41, 5.74) is 5.93. The molecule has 0 aromatic heterocycles. The summed E-state index contributed by atoms with van der Waals surface area (Å²) in [7, 11) is 0. The van der Waals surface area contributed by atoms with Crippen LogP contribution >= 0.6 is 0 Å². The van der Waals surface area contributed by atoms with Crippen LogP contribution in [0.4, 0.5) is 4.39 Å². The zero-order valence-electron chi connectivity index (χ0n) is 13.8. The van der Waals surface area contributed by atoms with E-state index in [1.54, 1.807) is 6.07 Å². The van der Waals surface area contributed by atoms with E-state index in [-0.39, 0.29) is 36.0 Å². The highest BCUT2D eigenvalue weighted by atomic mass is 19.1. The van der Waals surface area contributed by atoms with Crippen molar-refractivity contribution in [3.05, 3.63) is 35.6 Å². The van der Waals surface area contributed by atoms with Gasteiger partial charge in [-0.15, -0.1) is 0 Å². The molecule has 0 aliphatic carbocycles. The molecular weight excluding hydrogens is 309 g/mol. The maximum Gasteiger partial charge on any atom is 0.231 e. The minimum Gasteiger partial charge on any atom is -0.369 e. The molecule has 2 amide bonds. The number of nitrogens with zero attached hydrogens (tertiary/aromatic N) is 2. The summed E-state index contributed by atoms with van der Waals surface area (Å²) in [6, 6.07) is 6.83. The van der Waals surface area contributed by atoms with Crippen molar-refractivity contribution in [2.45, 2.75) is 25.2 Å². The number of likely N-dealkylation sites (tertiary alicyclic amines) is 2. The van der Waals surface area contributed by atoms with Gasteiger partial charge < -0.3 is 10.6 Å². The van der Waals surface area contributed by atoms with Gasteiger partial charge >= 0.3 is 0 Å². The van der Waals surface area contributed by atoms with E-state index in [4.69, 9.17) is 5.73 Å². The van der Waals surface area contributed by atoms with Gasteiger partial charge in [-0.25, -0.2) is 4.39 Å². The Balaban J connectivity index is 1.54. The maximum absolute atomic E-state index is 13.9. The van der Waals surface area contributed by atoms with Gasteiger partial charge in [0.1, 0.15) is 5.82 Å². The predicted molar refractivity (Wildman–Crippen MR) is 88.7 cm³/mol. The third-order valence-electron chi connectivity index (χ3n) is 5.16. The fourth-order valence-corrected chi connectivity index (χ4v) is 3.84. The number of carbonyl (C=O) groups is 2. The molecule has 0 spiro atoms. The maximum atomic E-state index is 13.9. The topological polar surface area (TPSA) is 66.6 Å². The summed E-state index contributed by atoms with van der Waals surface area (Å²) in [5, 5.41) is 0. The number of amides is 2. The summed E-state index contributed by atoms with van der Waals surface area (Å²) >= 11 is 0. The Hall–Kier alpha value is -1.95. The smallest absolute Gasteiger partial charge is 0.231 e. The highest BCUT2D eigenvalue weighted by Crippen LogP contribution is 2.31. The Morgan fingerprint density at radius 1 is 1.12 bits per heavy atom. The average molecular weight is 333 g/mol. The van der Waals surface area contributed by atoms with Gasteiger partial charge in [-0.1, -0.05) is 18.2 Å². The van der Waals surface area contributed by atoms with E-state index in [9.17, 15) is 14.0 Å². The van der Waals surface area contributed by atoms with E-state index in [1.165, 1.54) is 6.07 Å². The highest BCUT2D eigenvalue weighted by molar-refractivity contribution is 5.79. The van der Waals surface area contributed by atoms with Crippen LogP contribution in [0.15, 0.2) is 24.3 Å². The molecule has 6 heteroatoms. The molecule has 2 N–H and O–H groups in total. The Kier molecular flexibility index (Phi) is 5.14. The number of benzene rings is 1. The fraction of sp³-hybridized carbons (Fsp3) is 0.556. The van der Waals surface area contributed by atoms with Crippen molar-refractivity contribution in [1.82, 2.24) is 9.80 Å². The Bertz CT molecular complexity index is 614. The van der Waals surface area contributed by atoms with Gasteiger partial charge in [0, 0.05) is 24.9 Å². The molecule has 2 fully saturated rings. The molecular formula is C18H24FN3O2. The molecule has 1 atom stereocenters. The number of hydrogen-bond acceptors (Lipinski definition) is 3. The molecule has 3 rings (SSSR count).